The Kier molecular flexibility index (Phi) is 6.87. The average Bonchev–Trinajstić information content (AvgIpc) is 2.84. The standard InChI is InChI=1S/C25H23N3O3S/c1-31-22-14-8-5-11-19(22)15-26-23(29)17-32-25-27-21-13-7-6-12-20(21)24(30)28(25)16-18-9-3-2-4-10-18/h2-14H,15-17H2,1H3,(H,26,29). The van der Waals surface area contributed by atoms with Gasteiger partial charge in [-0.15, -0.1) is 0 Å². The number of ether oxygens (including phenoxy) is 1. The lowest BCUT2D eigenvalue weighted by Crippen LogP contribution is -2.27. The first-order valence-electron chi connectivity index (χ1n) is 10.2. The normalized spacial score (nSPS) is 10.8. The number of benzene rings is 3. The Bertz CT molecular complexity index is 1290. The molecule has 32 heavy (non-hydrogen) atoms. The number of amides is 1. The Morgan fingerprint density at radius 2 is 1.72 bits per heavy atom. The predicted molar refractivity (Wildman–Crippen MR) is 127 cm³/mol. The van der Waals surface area contributed by atoms with Crippen LogP contribution in [0.4, 0.5) is 0 Å². The van der Waals surface area contributed by atoms with E-state index in [0.717, 1.165) is 16.9 Å². The third-order valence-corrected chi connectivity index (χ3v) is 5.99. The van der Waals surface area contributed by atoms with E-state index in [4.69, 9.17) is 4.74 Å². The van der Waals surface area contributed by atoms with Gasteiger partial charge < -0.3 is 10.1 Å². The summed E-state index contributed by atoms with van der Waals surface area (Å²) in [5.41, 5.74) is 2.41. The van der Waals surface area contributed by atoms with Crippen LogP contribution in [-0.2, 0) is 17.9 Å². The number of methoxy groups -OCH3 is 1. The second kappa shape index (κ2) is 10.2. The fraction of sp³-hybridized carbons (Fsp3) is 0.160. The van der Waals surface area contributed by atoms with Crippen LogP contribution in [0.25, 0.3) is 10.9 Å². The number of rotatable bonds is 8. The monoisotopic (exact) mass is 445 g/mol. The molecule has 0 unspecified atom stereocenters. The van der Waals surface area contributed by atoms with Crippen molar-refractivity contribution in [3.8, 4) is 5.75 Å². The van der Waals surface area contributed by atoms with Crippen molar-refractivity contribution in [3.63, 3.8) is 0 Å². The lowest BCUT2D eigenvalue weighted by atomic mass is 10.2. The summed E-state index contributed by atoms with van der Waals surface area (Å²) in [6.07, 6.45) is 0. The van der Waals surface area contributed by atoms with Gasteiger partial charge in [0.25, 0.3) is 5.56 Å². The zero-order valence-electron chi connectivity index (χ0n) is 17.7. The van der Waals surface area contributed by atoms with Gasteiger partial charge in [-0.25, -0.2) is 4.98 Å². The molecule has 6 nitrogen and oxygen atoms in total. The van der Waals surface area contributed by atoms with Crippen LogP contribution >= 0.6 is 11.8 Å². The highest BCUT2D eigenvalue weighted by Crippen LogP contribution is 2.20. The summed E-state index contributed by atoms with van der Waals surface area (Å²) in [7, 11) is 1.61. The molecule has 1 aromatic heterocycles. The Morgan fingerprint density at radius 1 is 1.00 bits per heavy atom. The molecule has 0 aliphatic rings. The molecule has 1 heterocycles. The van der Waals surface area contributed by atoms with Gasteiger partial charge in [0.2, 0.25) is 5.91 Å². The zero-order valence-corrected chi connectivity index (χ0v) is 18.5. The molecule has 3 aromatic carbocycles. The fourth-order valence-corrected chi connectivity index (χ4v) is 4.22. The molecule has 0 saturated heterocycles. The Labute approximate surface area is 190 Å². The van der Waals surface area contributed by atoms with E-state index in [2.05, 4.69) is 10.3 Å². The second-order valence-electron chi connectivity index (χ2n) is 7.17. The number of thioether (sulfide) groups is 1. The smallest absolute Gasteiger partial charge is 0.262 e. The van der Waals surface area contributed by atoms with E-state index in [9.17, 15) is 9.59 Å². The molecule has 0 aliphatic heterocycles. The van der Waals surface area contributed by atoms with E-state index in [1.54, 1.807) is 17.7 Å². The lowest BCUT2D eigenvalue weighted by Gasteiger charge is -2.13. The molecule has 4 aromatic rings. The highest BCUT2D eigenvalue weighted by molar-refractivity contribution is 7.99. The van der Waals surface area contributed by atoms with Crippen LogP contribution in [0.2, 0.25) is 0 Å². The van der Waals surface area contributed by atoms with E-state index in [1.165, 1.54) is 11.8 Å². The minimum absolute atomic E-state index is 0.114. The van der Waals surface area contributed by atoms with Gasteiger partial charge in [0, 0.05) is 12.1 Å². The van der Waals surface area contributed by atoms with Gasteiger partial charge in [-0.3, -0.25) is 14.2 Å². The molecule has 0 fully saturated rings. The van der Waals surface area contributed by atoms with E-state index < -0.39 is 0 Å². The highest BCUT2D eigenvalue weighted by atomic mass is 32.2. The molecule has 4 rings (SSSR count). The topological polar surface area (TPSA) is 73.2 Å². The average molecular weight is 446 g/mol. The van der Waals surface area contributed by atoms with Crippen molar-refractivity contribution in [2.45, 2.75) is 18.2 Å². The molecule has 0 spiro atoms. The first-order chi connectivity index (χ1) is 15.7. The number of para-hydroxylation sites is 2. The van der Waals surface area contributed by atoms with Crippen molar-refractivity contribution >= 4 is 28.6 Å². The fourth-order valence-electron chi connectivity index (χ4n) is 3.39. The Morgan fingerprint density at radius 3 is 2.53 bits per heavy atom. The van der Waals surface area contributed by atoms with Crippen molar-refractivity contribution in [2.75, 3.05) is 12.9 Å². The molecular weight excluding hydrogens is 422 g/mol. The quantitative estimate of drug-likeness (QED) is 0.329. The van der Waals surface area contributed by atoms with Crippen molar-refractivity contribution < 1.29 is 9.53 Å². The van der Waals surface area contributed by atoms with Crippen LogP contribution in [0.15, 0.2) is 88.8 Å². The van der Waals surface area contributed by atoms with Crippen molar-refractivity contribution in [1.82, 2.24) is 14.9 Å². The number of carbonyl (C=O) groups excluding carboxylic acids is 1. The summed E-state index contributed by atoms with van der Waals surface area (Å²) in [6.45, 7) is 0.758. The maximum absolute atomic E-state index is 13.2. The third kappa shape index (κ3) is 5.00. The van der Waals surface area contributed by atoms with Gasteiger partial charge in [-0.05, 0) is 23.8 Å². The van der Waals surface area contributed by atoms with Crippen molar-refractivity contribution in [3.05, 3.63) is 100 Å². The zero-order chi connectivity index (χ0) is 22.3. The van der Waals surface area contributed by atoms with Gasteiger partial charge in [0.15, 0.2) is 5.16 Å². The molecule has 0 bridgehead atoms. The van der Waals surface area contributed by atoms with Gasteiger partial charge >= 0.3 is 0 Å². The van der Waals surface area contributed by atoms with Gasteiger partial charge in [-0.2, -0.15) is 0 Å². The van der Waals surface area contributed by atoms with Crippen LogP contribution < -0.4 is 15.6 Å². The van der Waals surface area contributed by atoms with Crippen molar-refractivity contribution in [1.29, 1.82) is 0 Å². The van der Waals surface area contributed by atoms with E-state index >= 15 is 0 Å². The Balaban J connectivity index is 1.53. The minimum Gasteiger partial charge on any atom is -0.496 e. The molecule has 0 aliphatic carbocycles. The second-order valence-corrected chi connectivity index (χ2v) is 8.11. The number of fused-ring (bicyclic) bond motifs is 1. The maximum Gasteiger partial charge on any atom is 0.262 e. The summed E-state index contributed by atoms with van der Waals surface area (Å²) >= 11 is 1.26. The molecule has 1 N–H and O–H groups in total. The molecule has 7 heteroatoms. The van der Waals surface area contributed by atoms with E-state index in [1.807, 2.05) is 72.8 Å². The minimum atomic E-state index is -0.144. The van der Waals surface area contributed by atoms with Crippen LogP contribution in [0, 0.1) is 0 Å². The first kappa shape index (κ1) is 21.6. The van der Waals surface area contributed by atoms with Crippen LogP contribution in [0.5, 0.6) is 5.75 Å². The third-order valence-electron chi connectivity index (χ3n) is 5.01. The summed E-state index contributed by atoms with van der Waals surface area (Å²) in [5, 5.41) is 3.99. The van der Waals surface area contributed by atoms with E-state index in [0.29, 0.717) is 29.1 Å². The van der Waals surface area contributed by atoms with Gasteiger partial charge in [-0.1, -0.05) is 72.4 Å². The molecule has 162 valence electrons. The van der Waals surface area contributed by atoms with Gasteiger partial charge in [0.1, 0.15) is 5.75 Å². The number of nitrogens with one attached hydrogen (secondary N) is 1. The molecule has 0 saturated carbocycles. The van der Waals surface area contributed by atoms with Crippen LogP contribution in [-0.4, -0.2) is 28.3 Å². The van der Waals surface area contributed by atoms with Crippen LogP contribution in [0.3, 0.4) is 0 Å². The summed E-state index contributed by atoms with van der Waals surface area (Å²) in [4.78, 5) is 30.4. The highest BCUT2D eigenvalue weighted by Gasteiger charge is 2.14. The summed E-state index contributed by atoms with van der Waals surface area (Å²) in [6, 6.07) is 24.6. The molecular formula is C25H23N3O3S. The maximum atomic E-state index is 13.2. The molecule has 0 atom stereocenters. The number of nitrogens with zero attached hydrogens (tertiary/aromatic N) is 2. The van der Waals surface area contributed by atoms with Crippen LogP contribution in [0.1, 0.15) is 11.1 Å². The Hall–Kier alpha value is -3.58. The number of carbonyl (C=O) groups is 1. The van der Waals surface area contributed by atoms with Gasteiger partial charge in [0.05, 0.1) is 30.3 Å². The predicted octanol–water partition coefficient (Wildman–Crippen LogP) is 3.86. The number of hydrogen-bond acceptors (Lipinski definition) is 5. The lowest BCUT2D eigenvalue weighted by molar-refractivity contribution is -0.118. The number of aromatic nitrogens is 2. The number of hydrogen-bond donors (Lipinski definition) is 1. The summed E-state index contributed by atoms with van der Waals surface area (Å²) in [5.74, 6) is 0.734. The SMILES string of the molecule is COc1ccccc1CNC(=O)CSc1nc2ccccc2c(=O)n1Cc1ccccc1. The molecule has 0 radical (unpaired) electrons. The molecule has 1 amide bonds. The first-order valence-corrected chi connectivity index (χ1v) is 11.2. The summed E-state index contributed by atoms with van der Waals surface area (Å²) < 4.78 is 6.96. The largest absolute Gasteiger partial charge is 0.496 e. The van der Waals surface area contributed by atoms with Crippen molar-refractivity contribution in [2.24, 2.45) is 0 Å². The van der Waals surface area contributed by atoms with E-state index in [-0.39, 0.29) is 17.2 Å².